The van der Waals surface area contributed by atoms with Crippen molar-refractivity contribution in [3.05, 3.63) is 42.0 Å². The van der Waals surface area contributed by atoms with Crippen LogP contribution < -0.4 is 15.8 Å². The molecular weight excluding hydrogens is 260 g/mol. The largest absolute Gasteiger partial charge is 0.496 e. The van der Waals surface area contributed by atoms with Gasteiger partial charge in [0.15, 0.2) is 0 Å². The Bertz CT molecular complexity index is 568. The molecule has 0 aromatic heterocycles. The average molecular weight is 286 g/mol. The van der Waals surface area contributed by atoms with Crippen LogP contribution in [0.2, 0.25) is 0 Å². The standard InChI is InChI=1S/C18H26N2O/c1-3-4-8-15(19)12-20-13-17-16-9-6-5-7-14(16)10-11-18(17)21-2/h5-7,9-11,15,20H,3-4,8,12-13,19H2,1-2H3. The van der Waals surface area contributed by atoms with Gasteiger partial charge in [-0.1, -0.05) is 50.1 Å². The zero-order valence-corrected chi connectivity index (χ0v) is 13.1. The Morgan fingerprint density at radius 1 is 1.19 bits per heavy atom. The lowest BCUT2D eigenvalue weighted by atomic mass is 10.0. The lowest BCUT2D eigenvalue weighted by molar-refractivity contribution is 0.407. The molecule has 0 radical (unpaired) electrons. The second kappa shape index (κ2) is 8.01. The van der Waals surface area contributed by atoms with Crippen LogP contribution in [0.5, 0.6) is 5.75 Å². The van der Waals surface area contributed by atoms with Crippen molar-refractivity contribution in [1.82, 2.24) is 5.32 Å². The molecule has 0 aliphatic heterocycles. The molecule has 0 saturated heterocycles. The maximum atomic E-state index is 6.11. The lowest BCUT2D eigenvalue weighted by Gasteiger charge is -2.15. The molecule has 0 aliphatic carbocycles. The Kier molecular flexibility index (Phi) is 6.03. The first-order valence-corrected chi connectivity index (χ1v) is 7.77. The molecule has 2 rings (SSSR count). The van der Waals surface area contributed by atoms with Crippen LogP contribution in [0.4, 0.5) is 0 Å². The van der Waals surface area contributed by atoms with Crippen molar-refractivity contribution >= 4 is 10.8 Å². The highest BCUT2D eigenvalue weighted by atomic mass is 16.5. The fourth-order valence-corrected chi connectivity index (χ4v) is 2.64. The van der Waals surface area contributed by atoms with Gasteiger partial charge in [0.25, 0.3) is 0 Å². The second-order valence-electron chi connectivity index (χ2n) is 5.50. The van der Waals surface area contributed by atoms with Crippen LogP contribution >= 0.6 is 0 Å². The van der Waals surface area contributed by atoms with E-state index >= 15 is 0 Å². The van der Waals surface area contributed by atoms with E-state index in [9.17, 15) is 0 Å². The fourth-order valence-electron chi connectivity index (χ4n) is 2.64. The number of hydrogen-bond acceptors (Lipinski definition) is 3. The Hall–Kier alpha value is -1.58. The zero-order valence-electron chi connectivity index (χ0n) is 13.1. The summed E-state index contributed by atoms with van der Waals surface area (Å²) in [5, 5.41) is 5.96. The van der Waals surface area contributed by atoms with Gasteiger partial charge < -0.3 is 15.8 Å². The van der Waals surface area contributed by atoms with Crippen molar-refractivity contribution in [2.45, 2.75) is 38.8 Å². The molecule has 3 heteroatoms. The molecule has 1 atom stereocenters. The van der Waals surface area contributed by atoms with E-state index in [1.165, 1.54) is 29.2 Å². The van der Waals surface area contributed by atoms with Crippen LogP contribution in [0.1, 0.15) is 31.7 Å². The molecule has 0 amide bonds. The smallest absolute Gasteiger partial charge is 0.123 e. The van der Waals surface area contributed by atoms with Gasteiger partial charge in [0.05, 0.1) is 7.11 Å². The minimum absolute atomic E-state index is 0.228. The number of methoxy groups -OCH3 is 1. The first-order valence-electron chi connectivity index (χ1n) is 7.77. The number of ether oxygens (including phenoxy) is 1. The zero-order chi connectivity index (χ0) is 15.1. The third-order valence-corrected chi connectivity index (χ3v) is 3.85. The molecule has 3 N–H and O–H groups in total. The number of nitrogens with two attached hydrogens (primary N) is 1. The number of fused-ring (bicyclic) bond motifs is 1. The van der Waals surface area contributed by atoms with Crippen LogP contribution in [-0.2, 0) is 6.54 Å². The number of hydrogen-bond donors (Lipinski definition) is 2. The normalized spacial score (nSPS) is 12.5. The van der Waals surface area contributed by atoms with E-state index in [2.05, 4.69) is 42.6 Å². The molecule has 114 valence electrons. The molecule has 0 heterocycles. The van der Waals surface area contributed by atoms with Crippen LogP contribution in [-0.4, -0.2) is 19.7 Å². The predicted octanol–water partition coefficient (Wildman–Crippen LogP) is 3.46. The van der Waals surface area contributed by atoms with Gasteiger partial charge in [0.1, 0.15) is 5.75 Å². The number of unbranched alkanes of at least 4 members (excludes halogenated alkanes) is 1. The van der Waals surface area contributed by atoms with Crippen molar-refractivity contribution in [2.75, 3.05) is 13.7 Å². The summed E-state index contributed by atoms with van der Waals surface area (Å²) >= 11 is 0. The summed E-state index contributed by atoms with van der Waals surface area (Å²) in [5.74, 6) is 0.934. The van der Waals surface area contributed by atoms with Crippen LogP contribution in [0.3, 0.4) is 0 Å². The van der Waals surface area contributed by atoms with Crippen LogP contribution in [0.25, 0.3) is 10.8 Å². The maximum absolute atomic E-state index is 6.11. The third kappa shape index (κ3) is 4.19. The Balaban J connectivity index is 2.06. The van der Waals surface area contributed by atoms with E-state index in [1.54, 1.807) is 7.11 Å². The van der Waals surface area contributed by atoms with E-state index in [1.807, 2.05) is 6.07 Å². The summed E-state index contributed by atoms with van der Waals surface area (Å²) in [6.45, 7) is 3.82. The Morgan fingerprint density at radius 2 is 2.00 bits per heavy atom. The topological polar surface area (TPSA) is 47.3 Å². The van der Waals surface area contributed by atoms with Gasteiger partial charge in [-0.3, -0.25) is 0 Å². The quantitative estimate of drug-likeness (QED) is 0.781. The minimum Gasteiger partial charge on any atom is -0.496 e. The molecule has 21 heavy (non-hydrogen) atoms. The molecule has 0 aliphatic rings. The molecule has 0 saturated carbocycles. The number of benzene rings is 2. The van der Waals surface area contributed by atoms with Gasteiger partial charge >= 0.3 is 0 Å². The van der Waals surface area contributed by atoms with Gasteiger partial charge in [0, 0.05) is 24.7 Å². The minimum atomic E-state index is 0.228. The monoisotopic (exact) mass is 286 g/mol. The summed E-state index contributed by atoms with van der Waals surface area (Å²) in [6.07, 6.45) is 3.47. The maximum Gasteiger partial charge on any atom is 0.123 e. The third-order valence-electron chi connectivity index (χ3n) is 3.85. The van der Waals surface area contributed by atoms with Crippen LogP contribution in [0, 0.1) is 0 Å². The van der Waals surface area contributed by atoms with Gasteiger partial charge in [-0.25, -0.2) is 0 Å². The molecule has 3 nitrogen and oxygen atoms in total. The summed E-state index contributed by atoms with van der Waals surface area (Å²) < 4.78 is 5.50. The highest BCUT2D eigenvalue weighted by molar-refractivity contribution is 5.87. The van der Waals surface area contributed by atoms with Crippen molar-refractivity contribution in [3.8, 4) is 5.75 Å². The van der Waals surface area contributed by atoms with Gasteiger partial charge in [-0.15, -0.1) is 0 Å². The number of nitrogens with one attached hydrogen (secondary N) is 1. The van der Waals surface area contributed by atoms with E-state index in [0.717, 1.165) is 25.3 Å². The van der Waals surface area contributed by atoms with E-state index in [-0.39, 0.29) is 6.04 Å². The van der Waals surface area contributed by atoms with E-state index in [4.69, 9.17) is 10.5 Å². The highest BCUT2D eigenvalue weighted by Gasteiger charge is 2.08. The summed E-state index contributed by atoms with van der Waals surface area (Å²) in [7, 11) is 1.72. The van der Waals surface area contributed by atoms with Crippen molar-refractivity contribution in [1.29, 1.82) is 0 Å². The lowest BCUT2D eigenvalue weighted by Crippen LogP contribution is -2.33. The summed E-state index contributed by atoms with van der Waals surface area (Å²) in [4.78, 5) is 0. The second-order valence-corrected chi connectivity index (χ2v) is 5.50. The molecule has 0 spiro atoms. The Morgan fingerprint density at radius 3 is 2.76 bits per heavy atom. The van der Waals surface area contributed by atoms with Gasteiger partial charge in [0.2, 0.25) is 0 Å². The fraction of sp³-hybridized carbons (Fsp3) is 0.444. The number of rotatable bonds is 8. The van der Waals surface area contributed by atoms with E-state index in [0.29, 0.717) is 0 Å². The first kappa shape index (κ1) is 15.8. The van der Waals surface area contributed by atoms with Crippen molar-refractivity contribution < 1.29 is 4.74 Å². The van der Waals surface area contributed by atoms with Crippen molar-refractivity contribution in [3.63, 3.8) is 0 Å². The summed E-state index contributed by atoms with van der Waals surface area (Å²) in [6, 6.07) is 12.8. The highest BCUT2D eigenvalue weighted by Crippen LogP contribution is 2.27. The van der Waals surface area contributed by atoms with E-state index < -0.39 is 0 Å². The van der Waals surface area contributed by atoms with Crippen LogP contribution in [0.15, 0.2) is 36.4 Å². The van der Waals surface area contributed by atoms with Gasteiger partial charge in [-0.2, -0.15) is 0 Å². The molecule has 0 fully saturated rings. The molecule has 0 bridgehead atoms. The van der Waals surface area contributed by atoms with Gasteiger partial charge in [-0.05, 0) is 23.3 Å². The molecule has 1 unspecified atom stereocenters. The predicted molar refractivity (Wildman–Crippen MR) is 89.7 cm³/mol. The summed E-state index contributed by atoms with van der Waals surface area (Å²) in [5.41, 5.74) is 7.32. The SMILES string of the molecule is CCCCC(N)CNCc1c(OC)ccc2ccccc12. The molecule has 2 aromatic carbocycles. The first-order chi connectivity index (χ1) is 10.3. The molecule has 2 aromatic rings. The molecular formula is C18H26N2O. The average Bonchev–Trinajstić information content (AvgIpc) is 2.53. The Labute approximate surface area is 127 Å². The van der Waals surface area contributed by atoms with Crippen molar-refractivity contribution in [2.24, 2.45) is 5.73 Å².